The van der Waals surface area contributed by atoms with Crippen molar-refractivity contribution in [3.63, 3.8) is 0 Å². The fourth-order valence-corrected chi connectivity index (χ4v) is 1.53. The van der Waals surface area contributed by atoms with Crippen LogP contribution in [0.3, 0.4) is 0 Å². The normalized spacial score (nSPS) is 10.9. The number of hydrogen-bond donors (Lipinski definition) is 3. The largest absolute Gasteiger partial charge is 0.341 e. The van der Waals surface area contributed by atoms with Gasteiger partial charge >= 0.3 is 0 Å². The highest BCUT2D eigenvalue weighted by Crippen LogP contribution is 2.09. The number of hydrogen-bond acceptors (Lipinski definition) is 3. The Kier molecular flexibility index (Phi) is 3.06. The molecular weight excluding hydrogens is 194 g/mol. The van der Waals surface area contributed by atoms with E-state index in [4.69, 9.17) is 0 Å². The number of para-hydroxylation sites is 2. The van der Waals surface area contributed by atoms with Crippen LogP contribution in [0, 0.1) is 0 Å². The number of imidazole rings is 1. The molecule has 4 heteroatoms. The molecular formula is C10H13N3S. The number of thiol groups is 1. The van der Waals surface area contributed by atoms with E-state index in [-0.39, 0.29) is 0 Å². The SMILES string of the molecule is SCCNCc1nc2ccccc2[nH]1. The Balaban J connectivity index is 2.11. The van der Waals surface area contributed by atoms with Crippen LogP contribution >= 0.6 is 12.6 Å². The first kappa shape index (κ1) is 9.55. The third-order valence-electron chi connectivity index (χ3n) is 2.02. The molecule has 14 heavy (non-hydrogen) atoms. The maximum Gasteiger partial charge on any atom is 0.121 e. The van der Waals surface area contributed by atoms with E-state index >= 15 is 0 Å². The molecule has 0 atom stereocenters. The van der Waals surface area contributed by atoms with Gasteiger partial charge in [0, 0.05) is 12.3 Å². The fourth-order valence-electron chi connectivity index (χ4n) is 1.38. The first-order chi connectivity index (χ1) is 6.90. The first-order valence-electron chi connectivity index (χ1n) is 4.65. The Morgan fingerprint density at radius 2 is 2.21 bits per heavy atom. The summed E-state index contributed by atoms with van der Waals surface area (Å²) in [7, 11) is 0. The van der Waals surface area contributed by atoms with Crippen molar-refractivity contribution in [1.29, 1.82) is 0 Å². The second-order valence-corrected chi connectivity index (χ2v) is 3.55. The summed E-state index contributed by atoms with van der Waals surface area (Å²) in [6, 6.07) is 8.04. The van der Waals surface area contributed by atoms with Gasteiger partial charge in [0.25, 0.3) is 0 Å². The lowest BCUT2D eigenvalue weighted by Gasteiger charge is -1.97. The molecule has 2 aromatic rings. The van der Waals surface area contributed by atoms with Crippen molar-refractivity contribution < 1.29 is 0 Å². The van der Waals surface area contributed by atoms with E-state index in [9.17, 15) is 0 Å². The number of fused-ring (bicyclic) bond motifs is 1. The summed E-state index contributed by atoms with van der Waals surface area (Å²) >= 11 is 4.12. The Labute approximate surface area is 88.3 Å². The minimum absolute atomic E-state index is 0.773. The molecule has 74 valence electrons. The van der Waals surface area contributed by atoms with E-state index in [0.717, 1.165) is 35.7 Å². The summed E-state index contributed by atoms with van der Waals surface area (Å²) < 4.78 is 0. The molecule has 0 bridgehead atoms. The molecule has 0 radical (unpaired) electrons. The molecule has 0 aliphatic carbocycles. The summed E-state index contributed by atoms with van der Waals surface area (Å²) in [6.45, 7) is 1.68. The van der Waals surface area contributed by atoms with Gasteiger partial charge in [0.2, 0.25) is 0 Å². The van der Waals surface area contributed by atoms with E-state index in [1.54, 1.807) is 0 Å². The molecule has 0 unspecified atom stereocenters. The maximum atomic E-state index is 4.44. The van der Waals surface area contributed by atoms with Crippen molar-refractivity contribution in [2.45, 2.75) is 6.54 Å². The van der Waals surface area contributed by atoms with Crippen LogP contribution in [-0.4, -0.2) is 22.3 Å². The lowest BCUT2D eigenvalue weighted by molar-refractivity contribution is 0.705. The molecule has 0 aliphatic heterocycles. The highest BCUT2D eigenvalue weighted by atomic mass is 32.1. The standard InChI is InChI=1S/C10H13N3S/c14-6-5-11-7-10-12-8-3-1-2-4-9(8)13-10/h1-4,11,14H,5-7H2,(H,12,13). The van der Waals surface area contributed by atoms with Gasteiger partial charge in [0.05, 0.1) is 17.6 Å². The smallest absolute Gasteiger partial charge is 0.121 e. The van der Waals surface area contributed by atoms with Crippen molar-refractivity contribution >= 4 is 23.7 Å². The molecule has 0 saturated heterocycles. The Morgan fingerprint density at radius 3 is 3.00 bits per heavy atom. The van der Waals surface area contributed by atoms with Gasteiger partial charge in [-0.1, -0.05) is 12.1 Å². The average Bonchev–Trinajstić information content (AvgIpc) is 2.60. The van der Waals surface area contributed by atoms with Gasteiger partial charge in [0.1, 0.15) is 5.82 Å². The third-order valence-corrected chi connectivity index (χ3v) is 2.24. The predicted octanol–water partition coefficient (Wildman–Crippen LogP) is 1.58. The highest BCUT2D eigenvalue weighted by molar-refractivity contribution is 7.80. The molecule has 1 heterocycles. The molecule has 0 fully saturated rings. The van der Waals surface area contributed by atoms with Gasteiger partial charge in [-0.2, -0.15) is 12.6 Å². The minimum atomic E-state index is 0.773. The van der Waals surface area contributed by atoms with Gasteiger partial charge in [-0.15, -0.1) is 0 Å². The predicted molar refractivity (Wildman–Crippen MR) is 61.7 cm³/mol. The zero-order chi connectivity index (χ0) is 9.80. The minimum Gasteiger partial charge on any atom is -0.341 e. The lowest BCUT2D eigenvalue weighted by Crippen LogP contribution is -2.16. The Bertz CT molecular complexity index is 377. The topological polar surface area (TPSA) is 40.7 Å². The van der Waals surface area contributed by atoms with Gasteiger partial charge in [0.15, 0.2) is 0 Å². The number of nitrogens with one attached hydrogen (secondary N) is 2. The van der Waals surface area contributed by atoms with Gasteiger partial charge < -0.3 is 10.3 Å². The highest BCUT2D eigenvalue weighted by Gasteiger charge is 1.99. The number of rotatable bonds is 4. The zero-order valence-electron chi connectivity index (χ0n) is 7.83. The summed E-state index contributed by atoms with van der Waals surface area (Å²) in [5.74, 6) is 1.83. The number of nitrogens with zero attached hydrogens (tertiary/aromatic N) is 1. The summed E-state index contributed by atoms with van der Waals surface area (Å²) in [4.78, 5) is 7.70. The van der Waals surface area contributed by atoms with Gasteiger partial charge in [-0.05, 0) is 12.1 Å². The van der Waals surface area contributed by atoms with Crippen LogP contribution in [0.15, 0.2) is 24.3 Å². The van der Waals surface area contributed by atoms with Crippen molar-refractivity contribution in [3.8, 4) is 0 Å². The van der Waals surface area contributed by atoms with Crippen molar-refractivity contribution in [3.05, 3.63) is 30.1 Å². The molecule has 0 spiro atoms. The van der Waals surface area contributed by atoms with Crippen molar-refractivity contribution in [1.82, 2.24) is 15.3 Å². The van der Waals surface area contributed by atoms with Gasteiger partial charge in [-0.25, -0.2) is 4.98 Å². The number of benzene rings is 1. The van der Waals surface area contributed by atoms with Crippen LogP contribution in [0.5, 0.6) is 0 Å². The van der Waals surface area contributed by atoms with Crippen LogP contribution in [0.4, 0.5) is 0 Å². The second kappa shape index (κ2) is 4.48. The van der Waals surface area contributed by atoms with E-state index in [1.165, 1.54) is 0 Å². The summed E-state index contributed by atoms with van der Waals surface area (Å²) in [5, 5.41) is 3.24. The number of aromatic nitrogens is 2. The molecule has 0 saturated carbocycles. The van der Waals surface area contributed by atoms with Crippen LogP contribution in [-0.2, 0) is 6.54 Å². The third kappa shape index (κ3) is 2.08. The quantitative estimate of drug-likeness (QED) is 0.526. The Morgan fingerprint density at radius 1 is 1.36 bits per heavy atom. The fraction of sp³-hybridized carbons (Fsp3) is 0.300. The lowest BCUT2D eigenvalue weighted by atomic mass is 10.3. The van der Waals surface area contributed by atoms with Crippen molar-refractivity contribution in [2.75, 3.05) is 12.3 Å². The first-order valence-corrected chi connectivity index (χ1v) is 5.28. The second-order valence-electron chi connectivity index (χ2n) is 3.10. The van der Waals surface area contributed by atoms with E-state index in [0.29, 0.717) is 0 Å². The molecule has 0 amide bonds. The molecule has 2 rings (SSSR count). The monoisotopic (exact) mass is 207 g/mol. The molecule has 3 nitrogen and oxygen atoms in total. The van der Waals surface area contributed by atoms with E-state index in [1.807, 2.05) is 24.3 Å². The van der Waals surface area contributed by atoms with Crippen molar-refractivity contribution in [2.24, 2.45) is 0 Å². The summed E-state index contributed by atoms with van der Waals surface area (Å²) in [6.07, 6.45) is 0. The van der Waals surface area contributed by atoms with Crippen LogP contribution < -0.4 is 5.32 Å². The Hall–Kier alpha value is -1.00. The molecule has 0 aliphatic rings. The molecule has 2 N–H and O–H groups in total. The van der Waals surface area contributed by atoms with Gasteiger partial charge in [-0.3, -0.25) is 0 Å². The number of aromatic amines is 1. The van der Waals surface area contributed by atoms with E-state index < -0.39 is 0 Å². The zero-order valence-corrected chi connectivity index (χ0v) is 8.72. The summed E-state index contributed by atoms with van der Waals surface area (Å²) in [5.41, 5.74) is 2.12. The van der Waals surface area contributed by atoms with Crippen LogP contribution in [0.25, 0.3) is 11.0 Å². The molecule has 1 aromatic heterocycles. The van der Waals surface area contributed by atoms with Crippen LogP contribution in [0.2, 0.25) is 0 Å². The number of H-pyrrole nitrogens is 1. The maximum absolute atomic E-state index is 4.44. The van der Waals surface area contributed by atoms with E-state index in [2.05, 4.69) is 27.9 Å². The average molecular weight is 207 g/mol. The van der Waals surface area contributed by atoms with Crippen LogP contribution in [0.1, 0.15) is 5.82 Å². The molecule has 1 aromatic carbocycles.